The number of amides is 2. The second kappa shape index (κ2) is 15.5. The third-order valence-electron chi connectivity index (χ3n) is 7.30. The molecule has 0 fully saturated rings. The second-order valence-electron chi connectivity index (χ2n) is 10.5. The van der Waals surface area contributed by atoms with E-state index < -0.39 is 28.5 Å². The number of rotatable bonds is 15. The molecule has 0 heterocycles. The molecule has 3 aromatic carbocycles. The Kier molecular flexibility index (Phi) is 12.0. The molecule has 3 rings (SSSR count). The summed E-state index contributed by atoms with van der Waals surface area (Å²) < 4.78 is 45.6. The monoisotopic (exact) mass is 625 g/mol. The molecule has 11 heteroatoms. The summed E-state index contributed by atoms with van der Waals surface area (Å²) in [6, 6.07) is 17.4. The highest BCUT2D eigenvalue weighted by molar-refractivity contribution is 7.92. The Balaban J connectivity index is 2.07. The van der Waals surface area contributed by atoms with E-state index in [1.54, 1.807) is 31.2 Å². The molecule has 0 saturated heterocycles. The van der Waals surface area contributed by atoms with Crippen LogP contribution in [0.4, 0.5) is 5.69 Å². The Bertz CT molecular complexity index is 1510. The minimum absolute atomic E-state index is 0.0907. The predicted molar refractivity (Wildman–Crippen MR) is 171 cm³/mol. The lowest BCUT2D eigenvalue weighted by atomic mass is 10.1. The molecule has 0 radical (unpaired) electrons. The van der Waals surface area contributed by atoms with Crippen LogP contribution < -0.4 is 23.8 Å². The number of ether oxygens (including phenoxy) is 3. The van der Waals surface area contributed by atoms with Crippen molar-refractivity contribution in [2.75, 3.05) is 31.7 Å². The van der Waals surface area contributed by atoms with Gasteiger partial charge in [-0.15, -0.1) is 0 Å². The van der Waals surface area contributed by atoms with Crippen molar-refractivity contribution in [1.29, 1.82) is 0 Å². The fraction of sp³-hybridized carbons (Fsp3) is 0.394. The Morgan fingerprint density at radius 1 is 0.886 bits per heavy atom. The van der Waals surface area contributed by atoms with Gasteiger partial charge in [0.25, 0.3) is 10.0 Å². The highest BCUT2D eigenvalue weighted by Crippen LogP contribution is 2.33. The van der Waals surface area contributed by atoms with Crippen molar-refractivity contribution in [3.8, 4) is 17.2 Å². The first-order valence-corrected chi connectivity index (χ1v) is 16.0. The molecule has 0 bridgehead atoms. The van der Waals surface area contributed by atoms with Crippen LogP contribution in [0.25, 0.3) is 0 Å². The van der Waals surface area contributed by atoms with Gasteiger partial charge >= 0.3 is 0 Å². The van der Waals surface area contributed by atoms with Gasteiger partial charge in [-0.25, -0.2) is 8.42 Å². The Morgan fingerprint density at radius 2 is 1.52 bits per heavy atom. The molecular formula is C33H43N3O7S. The van der Waals surface area contributed by atoms with Crippen LogP contribution in [0.3, 0.4) is 0 Å². The molecule has 238 valence electrons. The van der Waals surface area contributed by atoms with Gasteiger partial charge in [0.05, 0.1) is 31.4 Å². The summed E-state index contributed by atoms with van der Waals surface area (Å²) in [6.07, 6.45) is 0.722. The molecule has 0 saturated carbocycles. The van der Waals surface area contributed by atoms with Crippen LogP contribution in [-0.4, -0.2) is 64.6 Å². The lowest BCUT2D eigenvalue weighted by Crippen LogP contribution is -2.52. The minimum atomic E-state index is -4.30. The number of hydrogen-bond donors (Lipinski definition) is 1. The quantitative estimate of drug-likeness (QED) is 0.255. The number of sulfonamides is 1. The topological polar surface area (TPSA) is 114 Å². The van der Waals surface area contributed by atoms with Gasteiger partial charge in [-0.2, -0.15) is 0 Å². The van der Waals surface area contributed by atoms with Crippen LogP contribution in [0, 0.1) is 6.92 Å². The first-order chi connectivity index (χ1) is 20.9. The summed E-state index contributed by atoms with van der Waals surface area (Å²) in [5.41, 5.74) is 2.11. The third kappa shape index (κ3) is 8.43. The molecular weight excluding hydrogens is 582 g/mol. The van der Waals surface area contributed by atoms with E-state index in [0.29, 0.717) is 18.1 Å². The number of nitrogens with zero attached hydrogens (tertiary/aromatic N) is 2. The van der Waals surface area contributed by atoms with E-state index in [1.807, 2.05) is 52.0 Å². The maximum Gasteiger partial charge on any atom is 0.264 e. The highest BCUT2D eigenvalue weighted by Gasteiger charge is 2.33. The van der Waals surface area contributed by atoms with Gasteiger partial charge in [0.1, 0.15) is 18.3 Å². The van der Waals surface area contributed by atoms with Crippen molar-refractivity contribution in [2.45, 2.75) is 64.6 Å². The van der Waals surface area contributed by atoms with Crippen LogP contribution in [0.1, 0.15) is 45.2 Å². The smallest absolute Gasteiger partial charge is 0.264 e. The lowest BCUT2D eigenvalue weighted by molar-refractivity contribution is -0.139. The molecule has 3 aromatic rings. The maximum absolute atomic E-state index is 14.2. The molecule has 0 aliphatic carbocycles. The summed E-state index contributed by atoms with van der Waals surface area (Å²) in [7, 11) is -1.43. The van der Waals surface area contributed by atoms with Gasteiger partial charge < -0.3 is 24.4 Å². The average Bonchev–Trinajstić information content (AvgIpc) is 3.02. The first-order valence-electron chi connectivity index (χ1n) is 14.6. The van der Waals surface area contributed by atoms with Gasteiger partial charge in [0.15, 0.2) is 11.5 Å². The molecule has 10 nitrogen and oxygen atoms in total. The fourth-order valence-electron chi connectivity index (χ4n) is 4.45. The number of aryl methyl sites for hydroxylation is 1. The van der Waals surface area contributed by atoms with E-state index in [0.717, 1.165) is 21.9 Å². The average molecular weight is 626 g/mol. The number of nitrogens with one attached hydrogen (secondary N) is 1. The molecule has 0 spiro atoms. The number of methoxy groups -OCH3 is 2. The summed E-state index contributed by atoms with van der Waals surface area (Å²) in [5.74, 6) is 0.274. The van der Waals surface area contributed by atoms with Crippen LogP contribution in [0.5, 0.6) is 17.2 Å². The van der Waals surface area contributed by atoms with Crippen molar-refractivity contribution in [3.05, 3.63) is 77.9 Å². The minimum Gasteiger partial charge on any atom is -0.494 e. The molecule has 2 atom stereocenters. The summed E-state index contributed by atoms with van der Waals surface area (Å²) >= 11 is 0. The molecule has 1 N–H and O–H groups in total. The number of carbonyl (C=O) groups excluding carboxylic acids is 2. The summed E-state index contributed by atoms with van der Waals surface area (Å²) in [5, 5.41) is 2.94. The van der Waals surface area contributed by atoms with Gasteiger partial charge in [-0.05, 0) is 76.1 Å². The van der Waals surface area contributed by atoms with Crippen LogP contribution in [-0.2, 0) is 26.2 Å². The molecule has 0 aromatic heterocycles. The number of anilines is 1. The fourth-order valence-corrected chi connectivity index (χ4v) is 5.88. The SMILES string of the molecule is CCOc1ccc(N(CC(=O)N(Cc2ccc(C)cc2)[C@H](C)C(=O)N[C@@H](C)CC)S(=O)(=O)c2ccc(OC)c(OC)c2)cc1. The zero-order valence-electron chi connectivity index (χ0n) is 26.5. The summed E-state index contributed by atoms with van der Waals surface area (Å²) in [6.45, 7) is 9.30. The van der Waals surface area contributed by atoms with E-state index in [9.17, 15) is 18.0 Å². The largest absolute Gasteiger partial charge is 0.494 e. The van der Waals surface area contributed by atoms with Crippen LogP contribution >= 0.6 is 0 Å². The second-order valence-corrected chi connectivity index (χ2v) is 12.3. The van der Waals surface area contributed by atoms with E-state index in [2.05, 4.69) is 5.32 Å². The third-order valence-corrected chi connectivity index (χ3v) is 9.07. The van der Waals surface area contributed by atoms with Crippen molar-refractivity contribution in [1.82, 2.24) is 10.2 Å². The van der Waals surface area contributed by atoms with E-state index in [-0.39, 0.29) is 34.8 Å². The summed E-state index contributed by atoms with van der Waals surface area (Å²) in [4.78, 5) is 28.7. The zero-order chi connectivity index (χ0) is 32.4. The highest BCUT2D eigenvalue weighted by atomic mass is 32.2. The van der Waals surface area contributed by atoms with Crippen molar-refractivity contribution in [2.24, 2.45) is 0 Å². The number of carbonyl (C=O) groups is 2. The zero-order valence-corrected chi connectivity index (χ0v) is 27.3. The van der Waals surface area contributed by atoms with E-state index in [1.165, 1.54) is 37.3 Å². The van der Waals surface area contributed by atoms with E-state index >= 15 is 0 Å². The Morgan fingerprint density at radius 3 is 2.09 bits per heavy atom. The first kappa shape index (κ1) is 34.2. The number of hydrogen-bond acceptors (Lipinski definition) is 7. The lowest BCUT2D eigenvalue weighted by Gasteiger charge is -2.32. The molecule has 0 aliphatic rings. The Labute approximate surface area is 261 Å². The number of benzene rings is 3. The maximum atomic E-state index is 14.2. The van der Waals surface area contributed by atoms with Crippen LogP contribution in [0.2, 0.25) is 0 Å². The van der Waals surface area contributed by atoms with Crippen molar-refractivity contribution >= 4 is 27.5 Å². The molecule has 0 unspecified atom stereocenters. The van der Waals surface area contributed by atoms with Crippen molar-refractivity contribution in [3.63, 3.8) is 0 Å². The van der Waals surface area contributed by atoms with Gasteiger partial charge in [0.2, 0.25) is 11.8 Å². The van der Waals surface area contributed by atoms with Gasteiger partial charge in [0, 0.05) is 18.7 Å². The standard InChI is InChI=1S/C33H43N3O7S/c1-8-24(4)34-33(38)25(5)35(21-26-12-10-23(3)11-13-26)32(37)22-36(27-14-16-28(17-15-27)43-9-2)44(39,40)29-18-19-30(41-6)31(20-29)42-7/h10-20,24-25H,8-9,21-22H2,1-7H3,(H,34,38)/t24-,25+/m0/s1. The molecule has 0 aliphatic heterocycles. The normalized spacial score (nSPS) is 12.5. The molecule has 44 heavy (non-hydrogen) atoms. The van der Waals surface area contributed by atoms with E-state index in [4.69, 9.17) is 14.2 Å². The van der Waals surface area contributed by atoms with Gasteiger partial charge in [-0.3, -0.25) is 13.9 Å². The van der Waals surface area contributed by atoms with Crippen molar-refractivity contribution < 1.29 is 32.2 Å². The Hall–Kier alpha value is -4.25. The molecule has 2 amide bonds. The van der Waals surface area contributed by atoms with Crippen LogP contribution in [0.15, 0.2) is 71.6 Å². The predicted octanol–water partition coefficient (Wildman–Crippen LogP) is 4.94. The van der Waals surface area contributed by atoms with Gasteiger partial charge in [-0.1, -0.05) is 36.8 Å².